The quantitative estimate of drug-likeness (QED) is 0.502. The van der Waals surface area contributed by atoms with E-state index in [1.165, 1.54) is 0 Å². The zero-order valence-corrected chi connectivity index (χ0v) is 21.7. The Kier molecular flexibility index (Phi) is 8.77. The summed E-state index contributed by atoms with van der Waals surface area (Å²) in [7, 11) is -3.47. The van der Waals surface area contributed by atoms with Gasteiger partial charge < -0.3 is 9.64 Å². The van der Waals surface area contributed by atoms with Crippen LogP contribution < -0.4 is 0 Å². The zero-order valence-electron chi connectivity index (χ0n) is 20.9. The van der Waals surface area contributed by atoms with Crippen LogP contribution in [0.2, 0.25) is 0 Å². The van der Waals surface area contributed by atoms with Gasteiger partial charge in [0.05, 0.1) is 11.5 Å². The number of Topliss-reactive ketones (excluding diaryl/α,β-unsaturated/α-hetero) is 1. The van der Waals surface area contributed by atoms with Crippen molar-refractivity contribution in [1.29, 1.82) is 0 Å². The summed E-state index contributed by atoms with van der Waals surface area (Å²) in [6.45, 7) is 6.95. The highest BCUT2D eigenvalue weighted by atomic mass is 32.2. The van der Waals surface area contributed by atoms with E-state index in [9.17, 15) is 18.0 Å². The molecule has 1 amide bonds. The number of rotatable bonds is 8. The predicted octanol–water partition coefficient (Wildman–Crippen LogP) is 3.56. The van der Waals surface area contributed by atoms with Crippen LogP contribution in [0.5, 0.6) is 0 Å². The number of benzene rings is 2. The molecule has 0 N–H and O–H groups in total. The van der Waals surface area contributed by atoms with E-state index in [2.05, 4.69) is 4.90 Å². The Labute approximate surface area is 213 Å². The average Bonchev–Trinajstić information content (AvgIpc) is 2.90. The van der Waals surface area contributed by atoms with Crippen molar-refractivity contribution in [3.63, 3.8) is 0 Å². The second-order valence-corrected chi connectivity index (χ2v) is 11.3. The number of ether oxygens (including phenoxy) is 1. The first-order chi connectivity index (χ1) is 17.4. The number of carbonyl (C=O) groups is 2. The first-order valence-corrected chi connectivity index (χ1v) is 14.2. The molecule has 0 aliphatic carbocycles. The van der Waals surface area contributed by atoms with Gasteiger partial charge in [-0.3, -0.25) is 9.69 Å². The molecular weight excluding hydrogens is 478 g/mol. The van der Waals surface area contributed by atoms with Gasteiger partial charge >= 0.3 is 6.09 Å². The molecule has 8 nitrogen and oxygen atoms in total. The highest BCUT2D eigenvalue weighted by Crippen LogP contribution is 2.21. The fourth-order valence-corrected chi connectivity index (χ4v) is 6.20. The first-order valence-electron chi connectivity index (χ1n) is 12.7. The molecule has 0 aromatic heterocycles. The molecule has 9 heteroatoms. The SMILES string of the molecule is CCOC(=O)N1CCN(Cc2ccc(C(=O)Cc3ccc(S(=O)(=O)N4CCCCC4)cc3)cc2)CC1. The lowest BCUT2D eigenvalue weighted by Crippen LogP contribution is -2.48. The summed E-state index contributed by atoms with van der Waals surface area (Å²) in [5, 5.41) is 0. The van der Waals surface area contributed by atoms with Crippen LogP contribution in [0.1, 0.15) is 47.7 Å². The molecule has 2 saturated heterocycles. The van der Waals surface area contributed by atoms with E-state index >= 15 is 0 Å². The summed E-state index contributed by atoms with van der Waals surface area (Å²) in [5.74, 6) is -0.00348. The van der Waals surface area contributed by atoms with Crippen LogP contribution in [0.4, 0.5) is 4.79 Å². The van der Waals surface area contributed by atoms with Crippen molar-refractivity contribution in [3.8, 4) is 0 Å². The Morgan fingerprint density at radius 2 is 1.42 bits per heavy atom. The lowest BCUT2D eigenvalue weighted by atomic mass is 10.0. The molecule has 2 aliphatic rings. The molecular formula is C27H35N3O5S. The molecule has 2 aromatic carbocycles. The molecule has 194 valence electrons. The summed E-state index contributed by atoms with van der Waals surface area (Å²) in [4.78, 5) is 29.0. The Hall–Kier alpha value is -2.75. The summed E-state index contributed by atoms with van der Waals surface area (Å²) in [5.41, 5.74) is 2.54. The highest BCUT2D eigenvalue weighted by Gasteiger charge is 2.26. The molecule has 0 saturated carbocycles. The van der Waals surface area contributed by atoms with E-state index in [-0.39, 0.29) is 23.2 Å². The van der Waals surface area contributed by atoms with Gasteiger partial charge in [-0.15, -0.1) is 0 Å². The number of piperazine rings is 1. The summed E-state index contributed by atoms with van der Waals surface area (Å²) < 4.78 is 32.3. The van der Waals surface area contributed by atoms with Crippen molar-refractivity contribution in [3.05, 3.63) is 65.2 Å². The van der Waals surface area contributed by atoms with Crippen molar-refractivity contribution >= 4 is 21.9 Å². The molecule has 0 bridgehead atoms. The Morgan fingerprint density at radius 1 is 0.806 bits per heavy atom. The number of hydrogen-bond acceptors (Lipinski definition) is 6. The van der Waals surface area contributed by atoms with E-state index in [4.69, 9.17) is 4.74 Å². The van der Waals surface area contributed by atoms with Crippen LogP contribution in [-0.4, -0.2) is 80.3 Å². The maximum Gasteiger partial charge on any atom is 0.409 e. The number of ketones is 1. The number of piperidine rings is 1. The monoisotopic (exact) mass is 513 g/mol. The van der Waals surface area contributed by atoms with Crippen LogP contribution in [0.15, 0.2) is 53.4 Å². The molecule has 2 fully saturated rings. The maximum atomic E-state index is 12.8. The van der Waals surface area contributed by atoms with Gasteiger partial charge in [-0.05, 0) is 43.0 Å². The lowest BCUT2D eigenvalue weighted by molar-refractivity contribution is 0.0778. The van der Waals surface area contributed by atoms with Gasteiger partial charge in [0.15, 0.2) is 5.78 Å². The fraction of sp³-hybridized carbons (Fsp3) is 0.481. The zero-order chi connectivity index (χ0) is 25.5. The Balaban J connectivity index is 1.29. The number of amides is 1. The normalized spacial score (nSPS) is 17.6. The predicted molar refractivity (Wildman–Crippen MR) is 137 cm³/mol. The van der Waals surface area contributed by atoms with Gasteiger partial charge in [-0.2, -0.15) is 4.31 Å². The van der Waals surface area contributed by atoms with Crippen LogP contribution in [0.25, 0.3) is 0 Å². The van der Waals surface area contributed by atoms with Gasteiger partial charge in [0.25, 0.3) is 0 Å². The van der Waals surface area contributed by atoms with Gasteiger partial charge in [0.1, 0.15) is 0 Å². The van der Waals surface area contributed by atoms with Gasteiger partial charge in [0.2, 0.25) is 10.0 Å². The third-order valence-corrected chi connectivity index (χ3v) is 8.73. The van der Waals surface area contributed by atoms with E-state index in [0.29, 0.717) is 38.3 Å². The van der Waals surface area contributed by atoms with Crippen molar-refractivity contribution in [2.45, 2.75) is 44.0 Å². The lowest BCUT2D eigenvalue weighted by Gasteiger charge is -2.34. The minimum Gasteiger partial charge on any atom is -0.450 e. The summed E-state index contributed by atoms with van der Waals surface area (Å²) in [6, 6.07) is 14.3. The Bertz CT molecular complexity index is 1130. The van der Waals surface area contributed by atoms with Crippen LogP contribution in [-0.2, 0) is 27.7 Å². The third-order valence-electron chi connectivity index (χ3n) is 6.82. The standard InChI is InChI=1S/C27H35N3O5S/c1-2-35-27(32)29-18-16-28(17-19-29)21-23-6-10-24(11-7-23)26(31)20-22-8-12-25(13-9-22)36(33,34)30-14-4-3-5-15-30/h6-13H,2-5,14-21H2,1H3. The van der Waals surface area contributed by atoms with Crippen LogP contribution in [0, 0.1) is 0 Å². The number of nitrogens with zero attached hydrogens (tertiary/aromatic N) is 3. The third kappa shape index (κ3) is 6.52. The highest BCUT2D eigenvalue weighted by molar-refractivity contribution is 7.89. The van der Waals surface area contributed by atoms with Gasteiger partial charge in [0, 0.05) is 57.8 Å². The fourth-order valence-electron chi connectivity index (χ4n) is 4.68. The second-order valence-electron chi connectivity index (χ2n) is 9.37. The average molecular weight is 514 g/mol. The number of hydrogen-bond donors (Lipinski definition) is 0. The minimum absolute atomic E-state index is 0.00348. The summed E-state index contributed by atoms with van der Waals surface area (Å²) in [6.07, 6.45) is 2.84. The van der Waals surface area contributed by atoms with Crippen molar-refractivity contribution < 1.29 is 22.7 Å². The van der Waals surface area contributed by atoms with Crippen LogP contribution in [0.3, 0.4) is 0 Å². The van der Waals surface area contributed by atoms with Crippen molar-refractivity contribution in [2.24, 2.45) is 0 Å². The van der Waals surface area contributed by atoms with Crippen molar-refractivity contribution in [1.82, 2.24) is 14.1 Å². The van der Waals surface area contributed by atoms with E-state index in [1.54, 1.807) is 33.5 Å². The number of carbonyl (C=O) groups excluding carboxylic acids is 2. The van der Waals surface area contributed by atoms with E-state index < -0.39 is 10.0 Å². The molecule has 36 heavy (non-hydrogen) atoms. The smallest absolute Gasteiger partial charge is 0.409 e. The van der Waals surface area contributed by atoms with Crippen molar-refractivity contribution in [2.75, 3.05) is 45.9 Å². The molecule has 2 aromatic rings. The maximum absolute atomic E-state index is 12.8. The van der Waals surface area contributed by atoms with Gasteiger partial charge in [-0.1, -0.05) is 42.8 Å². The molecule has 2 heterocycles. The minimum atomic E-state index is -3.47. The summed E-state index contributed by atoms with van der Waals surface area (Å²) >= 11 is 0. The van der Waals surface area contributed by atoms with E-state index in [0.717, 1.165) is 50.0 Å². The largest absolute Gasteiger partial charge is 0.450 e. The van der Waals surface area contributed by atoms with Crippen LogP contribution >= 0.6 is 0 Å². The topological polar surface area (TPSA) is 87.2 Å². The second kappa shape index (κ2) is 12.0. The Morgan fingerprint density at radius 3 is 2.03 bits per heavy atom. The molecule has 2 aliphatic heterocycles. The molecule has 4 rings (SSSR count). The molecule has 0 radical (unpaired) electrons. The molecule has 0 spiro atoms. The number of sulfonamides is 1. The first kappa shape index (κ1) is 26.3. The molecule has 0 unspecified atom stereocenters. The van der Waals surface area contributed by atoms with E-state index in [1.807, 2.05) is 31.2 Å². The van der Waals surface area contributed by atoms with Gasteiger partial charge in [-0.25, -0.2) is 13.2 Å². The molecule has 0 atom stereocenters.